The number of carbonyl (C=O) groups is 1. The summed E-state index contributed by atoms with van der Waals surface area (Å²) in [7, 11) is -3.84. The van der Waals surface area contributed by atoms with Gasteiger partial charge in [0.15, 0.2) is 16.1 Å². The van der Waals surface area contributed by atoms with Gasteiger partial charge in [0.05, 0.1) is 26.9 Å². The molecular formula is C27H28ClN5O4S. The molecule has 1 N–H and O–H groups in total. The van der Waals surface area contributed by atoms with Crippen LogP contribution in [0, 0.1) is 18.3 Å². The predicted molar refractivity (Wildman–Crippen MR) is 142 cm³/mol. The van der Waals surface area contributed by atoms with Gasteiger partial charge >= 0.3 is 6.09 Å². The lowest BCUT2D eigenvalue weighted by Gasteiger charge is -2.27. The molecule has 2 aromatic carbocycles. The molecule has 1 aromatic heterocycles. The van der Waals surface area contributed by atoms with Gasteiger partial charge in [-0.2, -0.15) is 10.4 Å². The van der Waals surface area contributed by atoms with Gasteiger partial charge in [-0.05, 0) is 43.9 Å². The third-order valence-electron chi connectivity index (χ3n) is 6.97. The van der Waals surface area contributed by atoms with E-state index in [0.717, 1.165) is 17.7 Å². The number of hydrogen-bond acceptors (Lipinski definition) is 7. The van der Waals surface area contributed by atoms with E-state index in [1.54, 1.807) is 23.1 Å². The zero-order valence-corrected chi connectivity index (χ0v) is 22.5. The molecule has 9 nitrogen and oxygen atoms in total. The average Bonchev–Trinajstić information content (AvgIpc) is 3.38. The van der Waals surface area contributed by atoms with E-state index in [9.17, 15) is 18.5 Å². The largest absolute Gasteiger partial charge is 0.425 e. The summed E-state index contributed by atoms with van der Waals surface area (Å²) in [5, 5.41) is 15.9. The molecule has 0 unspecified atom stereocenters. The first kappa shape index (κ1) is 26.1. The van der Waals surface area contributed by atoms with Crippen LogP contribution in [0.2, 0.25) is 5.02 Å². The first-order valence-electron chi connectivity index (χ1n) is 12.4. The van der Waals surface area contributed by atoms with E-state index in [4.69, 9.17) is 16.3 Å². The van der Waals surface area contributed by atoms with Crippen molar-refractivity contribution in [3.8, 4) is 6.07 Å². The number of alkyl carbamates (subject to hydrolysis) is 1. The van der Waals surface area contributed by atoms with E-state index in [1.807, 2.05) is 48.0 Å². The molecule has 11 heteroatoms. The molecule has 5 rings (SSSR count). The van der Waals surface area contributed by atoms with E-state index in [-0.39, 0.29) is 22.9 Å². The fourth-order valence-electron chi connectivity index (χ4n) is 4.74. The van der Waals surface area contributed by atoms with E-state index in [2.05, 4.69) is 16.5 Å². The molecule has 2 aliphatic rings. The Kier molecular flexibility index (Phi) is 7.07. The number of aryl methyl sites for hydroxylation is 3. The van der Waals surface area contributed by atoms with Crippen molar-refractivity contribution in [1.29, 1.82) is 5.26 Å². The molecule has 0 bridgehead atoms. The zero-order valence-electron chi connectivity index (χ0n) is 20.9. The Labute approximate surface area is 226 Å². The molecule has 198 valence electrons. The van der Waals surface area contributed by atoms with Gasteiger partial charge < -0.3 is 15.0 Å². The molecule has 0 radical (unpaired) electrons. The quantitative estimate of drug-likeness (QED) is 0.443. The topological polar surface area (TPSA) is 117 Å². The molecular weight excluding hydrogens is 526 g/mol. The first-order valence-corrected chi connectivity index (χ1v) is 14.4. The van der Waals surface area contributed by atoms with Crippen LogP contribution in [0.3, 0.4) is 0 Å². The minimum Gasteiger partial charge on any atom is -0.425 e. The number of ether oxygens (including phenoxy) is 1. The molecule has 1 aliphatic carbocycles. The molecule has 1 amide bonds. The summed E-state index contributed by atoms with van der Waals surface area (Å²) in [4.78, 5) is 14.6. The highest BCUT2D eigenvalue weighted by molar-refractivity contribution is 7.92. The lowest BCUT2D eigenvalue weighted by Crippen LogP contribution is -2.42. The third kappa shape index (κ3) is 5.35. The standard InChI is InChI=1S/C27H28ClN5O4S/c1-19-15-24(33(31-19)14-11-20-7-3-2-4-8-20)32-17-21(38(35,36)23-10-6-5-9-22(23)28)16-25(32)37-26(34)30-27(18-29)12-13-27/h2-10,15,21,25H,11-14,16-17H2,1H3,(H,30,34)/t21-,25+/m1/s1. The van der Waals surface area contributed by atoms with Crippen molar-refractivity contribution in [3.05, 3.63) is 76.9 Å². The number of carbonyl (C=O) groups excluding carboxylic acids is 1. The SMILES string of the molecule is Cc1cc(N2C[C@H](S(=O)(=O)c3ccccc3Cl)C[C@@H]2OC(=O)NC2(C#N)CC2)n(CCc2ccccc2)n1. The van der Waals surface area contributed by atoms with Crippen LogP contribution >= 0.6 is 11.6 Å². The molecule has 38 heavy (non-hydrogen) atoms. The normalized spacial score (nSPS) is 20.1. The Morgan fingerprint density at radius 3 is 2.61 bits per heavy atom. The Morgan fingerprint density at radius 1 is 1.21 bits per heavy atom. The number of nitrogens with zero attached hydrogens (tertiary/aromatic N) is 4. The summed E-state index contributed by atoms with van der Waals surface area (Å²) >= 11 is 6.25. The maximum atomic E-state index is 13.6. The van der Waals surface area contributed by atoms with E-state index >= 15 is 0 Å². The van der Waals surface area contributed by atoms with Gasteiger partial charge in [-0.1, -0.05) is 54.1 Å². The molecule has 0 spiro atoms. The second-order valence-corrected chi connectivity index (χ2v) is 12.4. The maximum absolute atomic E-state index is 13.6. The summed E-state index contributed by atoms with van der Waals surface area (Å²) in [6.07, 6.45) is 0.258. The van der Waals surface area contributed by atoms with E-state index in [0.29, 0.717) is 25.2 Å². The van der Waals surface area contributed by atoms with Gasteiger partial charge in [-0.15, -0.1) is 0 Å². The zero-order chi connectivity index (χ0) is 26.9. The van der Waals surface area contributed by atoms with Crippen LogP contribution in [-0.4, -0.2) is 47.9 Å². The third-order valence-corrected chi connectivity index (χ3v) is 9.60. The minimum atomic E-state index is -3.84. The first-order chi connectivity index (χ1) is 18.2. The number of aromatic nitrogens is 2. The molecule has 1 aliphatic heterocycles. The van der Waals surface area contributed by atoms with Crippen LogP contribution in [0.25, 0.3) is 0 Å². The molecule has 2 heterocycles. The van der Waals surface area contributed by atoms with Crippen molar-refractivity contribution >= 4 is 33.3 Å². The average molecular weight is 554 g/mol. The van der Waals surface area contributed by atoms with Crippen LogP contribution in [-0.2, 0) is 27.5 Å². The lowest BCUT2D eigenvalue weighted by molar-refractivity contribution is 0.0995. The Hall–Kier alpha value is -3.55. The fourth-order valence-corrected chi connectivity index (χ4v) is 6.94. The van der Waals surface area contributed by atoms with Crippen LogP contribution in [0.15, 0.2) is 65.6 Å². The van der Waals surface area contributed by atoms with Crippen molar-refractivity contribution < 1.29 is 17.9 Å². The highest BCUT2D eigenvalue weighted by atomic mass is 35.5. The number of halogens is 1. The Balaban J connectivity index is 1.43. The summed E-state index contributed by atoms with van der Waals surface area (Å²) in [5.74, 6) is 0.662. The van der Waals surface area contributed by atoms with Crippen molar-refractivity contribution in [1.82, 2.24) is 15.1 Å². The summed E-state index contributed by atoms with van der Waals surface area (Å²) in [5.41, 5.74) is 0.998. The molecule has 2 atom stereocenters. The second kappa shape index (κ2) is 10.3. The number of nitriles is 1. The molecule has 2 fully saturated rings. The van der Waals surface area contributed by atoms with Gasteiger partial charge in [-0.25, -0.2) is 17.9 Å². The summed E-state index contributed by atoms with van der Waals surface area (Å²) in [6, 6.07) is 20.3. The number of nitrogens with one attached hydrogen (secondary N) is 1. The lowest BCUT2D eigenvalue weighted by atomic mass is 10.1. The number of sulfone groups is 1. The number of hydrogen-bond donors (Lipinski definition) is 1. The van der Waals surface area contributed by atoms with Gasteiger partial charge in [-0.3, -0.25) is 0 Å². The van der Waals surface area contributed by atoms with Gasteiger partial charge in [0.1, 0.15) is 11.4 Å². The van der Waals surface area contributed by atoms with Gasteiger partial charge in [0.2, 0.25) is 0 Å². The van der Waals surface area contributed by atoms with Crippen LogP contribution in [0.1, 0.15) is 30.5 Å². The minimum absolute atomic E-state index is 0.0451. The monoisotopic (exact) mass is 553 g/mol. The molecule has 3 aromatic rings. The number of rotatable bonds is 8. The smallest absolute Gasteiger partial charge is 0.410 e. The fraction of sp³-hybridized carbons (Fsp3) is 0.370. The Bertz CT molecular complexity index is 1480. The van der Waals surface area contributed by atoms with Crippen LogP contribution < -0.4 is 10.2 Å². The molecule has 1 saturated heterocycles. The summed E-state index contributed by atoms with van der Waals surface area (Å²) < 4.78 is 34.8. The maximum Gasteiger partial charge on any atom is 0.410 e. The number of benzene rings is 2. The van der Waals surface area contributed by atoms with Gasteiger partial charge in [0, 0.05) is 25.6 Å². The number of anilines is 1. The van der Waals surface area contributed by atoms with Crippen molar-refractivity contribution in [2.75, 3.05) is 11.4 Å². The molecule has 1 saturated carbocycles. The number of amides is 1. The Morgan fingerprint density at radius 2 is 1.92 bits per heavy atom. The highest BCUT2D eigenvalue weighted by Crippen LogP contribution is 2.37. The van der Waals surface area contributed by atoms with Crippen LogP contribution in [0.5, 0.6) is 0 Å². The highest BCUT2D eigenvalue weighted by Gasteiger charge is 2.47. The second-order valence-electron chi connectivity index (χ2n) is 9.77. The predicted octanol–water partition coefficient (Wildman–Crippen LogP) is 4.25. The van der Waals surface area contributed by atoms with Crippen molar-refractivity contribution in [3.63, 3.8) is 0 Å². The van der Waals surface area contributed by atoms with Crippen molar-refractivity contribution in [2.45, 2.75) is 61.1 Å². The summed E-state index contributed by atoms with van der Waals surface area (Å²) in [6.45, 7) is 2.51. The van der Waals surface area contributed by atoms with E-state index < -0.39 is 32.9 Å². The van der Waals surface area contributed by atoms with E-state index in [1.165, 1.54) is 6.07 Å². The van der Waals surface area contributed by atoms with Crippen LogP contribution in [0.4, 0.5) is 10.6 Å². The van der Waals surface area contributed by atoms with Gasteiger partial charge in [0.25, 0.3) is 0 Å². The van der Waals surface area contributed by atoms with Crippen molar-refractivity contribution in [2.24, 2.45) is 0 Å².